The topological polar surface area (TPSA) is 55.9 Å². The lowest BCUT2D eigenvalue weighted by molar-refractivity contribution is -0.141. The van der Waals surface area contributed by atoms with Gasteiger partial charge in [-0.05, 0) is 6.92 Å². The van der Waals surface area contributed by atoms with Crippen molar-refractivity contribution in [3.8, 4) is 0 Å². The Morgan fingerprint density at radius 3 is 2.50 bits per heavy atom. The maximum atomic E-state index is 10.6. The highest BCUT2D eigenvalue weighted by Crippen LogP contribution is 2.25. The lowest BCUT2D eigenvalue weighted by Gasteiger charge is -1.95. The number of epoxide rings is 1. The van der Waals surface area contributed by atoms with Crippen molar-refractivity contribution < 1.29 is 19.1 Å². The monoisotopic (exact) mass is 172 g/mol. The Kier molecular flexibility index (Phi) is 2.81. The van der Waals surface area contributed by atoms with Gasteiger partial charge in [0.1, 0.15) is 18.5 Å². The second-order valence-electron chi connectivity index (χ2n) is 2.92. The van der Waals surface area contributed by atoms with Crippen molar-refractivity contribution in [3.63, 3.8) is 0 Å². The molecule has 0 aromatic rings. The Labute approximate surface area is 70.8 Å². The second kappa shape index (κ2) is 3.67. The van der Waals surface area contributed by atoms with Gasteiger partial charge in [-0.3, -0.25) is 9.59 Å². The van der Waals surface area contributed by atoms with E-state index in [0.29, 0.717) is 6.42 Å². The van der Waals surface area contributed by atoms with E-state index in [-0.39, 0.29) is 30.6 Å². The highest BCUT2D eigenvalue weighted by atomic mass is 16.6. The van der Waals surface area contributed by atoms with Gasteiger partial charge in [0.2, 0.25) is 0 Å². The van der Waals surface area contributed by atoms with Gasteiger partial charge in [0.15, 0.2) is 0 Å². The van der Waals surface area contributed by atoms with Crippen molar-refractivity contribution >= 4 is 11.8 Å². The molecular weight excluding hydrogens is 160 g/mol. The number of carbonyl (C=O) groups excluding carboxylic acids is 2. The Bertz CT molecular complexity index is 199. The predicted molar refractivity (Wildman–Crippen MR) is 40.6 cm³/mol. The minimum atomic E-state index is -0.313. The van der Waals surface area contributed by atoms with E-state index in [1.165, 1.54) is 13.8 Å². The van der Waals surface area contributed by atoms with Gasteiger partial charge in [-0.25, -0.2) is 0 Å². The molecule has 1 saturated heterocycles. The van der Waals surface area contributed by atoms with E-state index in [0.717, 1.165) is 0 Å². The van der Waals surface area contributed by atoms with Crippen LogP contribution in [0.2, 0.25) is 0 Å². The molecule has 0 amide bonds. The van der Waals surface area contributed by atoms with E-state index in [1.54, 1.807) is 0 Å². The highest BCUT2D eigenvalue weighted by molar-refractivity contribution is 5.76. The summed E-state index contributed by atoms with van der Waals surface area (Å²) in [6, 6.07) is 0. The summed E-state index contributed by atoms with van der Waals surface area (Å²) in [7, 11) is 0. The van der Waals surface area contributed by atoms with Gasteiger partial charge < -0.3 is 9.47 Å². The Morgan fingerprint density at radius 1 is 1.33 bits per heavy atom. The third kappa shape index (κ3) is 3.00. The van der Waals surface area contributed by atoms with Crippen molar-refractivity contribution in [2.75, 3.05) is 6.61 Å². The van der Waals surface area contributed by atoms with Crippen LogP contribution in [0.5, 0.6) is 0 Å². The van der Waals surface area contributed by atoms with Gasteiger partial charge >= 0.3 is 5.97 Å². The molecule has 0 aromatic heterocycles. The van der Waals surface area contributed by atoms with E-state index >= 15 is 0 Å². The molecule has 0 bridgehead atoms. The smallest absolute Gasteiger partial charge is 0.302 e. The highest BCUT2D eigenvalue weighted by Gasteiger charge is 2.40. The average molecular weight is 172 g/mol. The van der Waals surface area contributed by atoms with Crippen LogP contribution in [-0.2, 0) is 19.1 Å². The van der Waals surface area contributed by atoms with Crippen LogP contribution < -0.4 is 0 Å². The molecule has 4 heteroatoms. The first kappa shape index (κ1) is 9.19. The van der Waals surface area contributed by atoms with Gasteiger partial charge in [-0.15, -0.1) is 0 Å². The molecule has 1 fully saturated rings. The Hall–Kier alpha value is -0.900. The molecule has 12 heavy (non-hydrogen) atoms. The number of Topliss-reactive ketones (excluding diaryl/α,β-unsaturated/α-hetero) is 1. The molecule has 1 aliphatic rings. The minimum absolute atomic E-state index is 0.0261. The van der Waals surface area contributed by atoms with Gasteiger partial charge in [-0.2, -0.15) is 0 Å². The number of ketones is 1. The molecule has 0 saturated carbocycles. The summed E-state index contributed by atoms with van der Waals surface area (Å²) in [4.78, 5) is 21.0. The second-order valence-corrected chi connectivity index (χ2v) is 2.92. The van der Waals surface area contributed by atoms with Crippen molar-refractivity contribution in [3.05, 3.63) is 0 Å². The molecule has 1 heterocycles. The van der Waals surface area contributed by atoms with Crippen LogP contribution in [0, 0.1) is 0 Å². The van der Waals surface area contributed by atoms with Crippen molar-refractivity contribution in [1.82, 2.24) is 0 Å². The van der Waals surface area contributed by atoms with E-state index in [2.05, 4.69) is 0 Å². The summed E-state index contributed by atoms with van der Waals surface area (Å²) in [5.41, 5.74) is 0. The van der Waals surface area contributed by atoms with Crippen LogP contribution in [0.25, 0.3) is 0 Å². The molecule has 0 aliphatic carbocycles. The van der Waals surface area contributed by atoms with Crippen molar-refractivity contribution in [2.24, 2.45) is 0 Å². The summed E-state index contributed by atoms with van der Waals surface area (Å²) < 4.78 is 9.78. The molecule has 0 spiro atoms. The Balaban J connectivity index is 2.08. The molecule has 0 aromatic carbocycles. The third-order valence-electron chi connectivity index (χ3n) is 1.63. The number of rotatable bonds is 4. The minimum Gasteiger partial charge on any atom is -0.463 e. The summed E-state index contributed by atoms with van der Waals surface area (Å²) >= 11 is 0. The molecule has 4 nitrogen and oxygen atoms in total. The van der Waals surface area contributed by atoms with Crippen molar-refractivity contribution in [1.29, 1.82) is 0 Å². The maximum absolute atomic E-state index is 10.6. The molecule has 0 radical (unpaired) electrons. The van der Waals surface area contributed by atoms with E-state index < -0.39 is 0 Å². The quantitative estimate of drug-likeness (QED) is 0.452. The fraction of sp³-hybridized carbons (Fsp3) is 0.750. The van der Waals surface area contributed by atoms with Crippen LogP contribution in [0.15, 0.2) is 0 Å². The van der Waals surface area contributed by atoms with E-state index in [1.807, 2.05) is 0 Å². The first-order valence-electron chi connectivity index (χ1n) is 3.88. The van der Waals surface area contributed by atoms with Gasteiger partial charge in [0.05, 0.1) is 6.10 Å². The summed E-state index contributed by atoms with van der Waals surface area (Å²) in [5.74, 6) is -0.211. The summed E-state index contributed by atoms with van der Waals surface area (Å²) in [6.45, 7) is 3.14. The van der Waals surface area contributed by atoms with Crippen LogP contribution in [0.3, 0.4) is 0 Å². The van der Waals surface area contributed by atoms with Gasteiger partial charge in [0.25, 0.3) is 0 Å². The first-order chi connectivity index (χ1) is 5.59. The number of hydrogen-bond donors (Lipinski definition) is 0. The zero-order valence-corrected chi connectivity index (χ0v) is 7.20. The zero-order chi connectivity index (χ0) is 9.14. The summed E-state index contributed by atoms with van der Waals surface area (Å²) in [6.07, 6.45) is 0.339. The first-order valence-corrected chi connectivity index (χ1v) is 3.88. The molecule has 2 unspecified atom stereocenters. The fourth-order valence-electron chi connectivity index (χ4n) is 0.988. The maximum Gasteiger partial charge on any atom is 0.302 e. The van der Waals surface area contributed by atoms with Crippen LogP contribution in [-0.4, -0.2) is 30.6 Å². The fourth-order valence-corrected chi connectivity index (χ4v) is 0.988. The third-order valence-corrected chi connectivity index (χ3v) is 1.63. The number of hydrogen-bond acceptors (Lipinski definition) is 4. The number of esters is 1. The van der Waals surface area contributed by atoms with Crippen molar-refractivity contribution in [2.45, 2.75) is 32.5 Å². The lowest BCUT2D eigenvalue weighted by Crippen LogP contribution is -2.09. The molecule has 1 aliphatic heterocycles. The summed E-state index contributed by atoms with van der Waals surface area (Å²) in [5, 5.41) is 0. The molecule has 0 N–H and O–H groups in total. The Morgan fingerprint density at radius 2 is 2.00 bits per heavy atom. The largest absolute Gasteiger partial charge is 0.463 e. The number of ether oxygens (including phenoxy) is 2. The predicted octanol–water partition coefficient (Wildman–Crippen LogP) is 0.296. The standard InChI is InChI=1S/C8H12O4/c1-5(9)3-7-8(12-7)4-11-6(2)10/h7-8H,3-4H2,1-2H3. The molecule has 68 valence electrons. The zero-order valence-electron chi connectivity index (χ0n) is 7.20. The van der Waals surface area contributed by atoms with Crippen LogP contribution >= 0.6 is 0 Å². The lowest BCUT2D eigenvalue weighted by atomic mass is 10.2. The van der Waals surface area contributed by atoms with Crippen LogP contribution in [0.4, 0.5) is 0 Å². The van der Waals surface area contributed by atoms with Gasteiger partial charge in [0, 0.05) is 13.3 Å². The molecule has 2 atom stereocenters. The SMILES string of the molecule is CC(=O)CC1OC1COC(C)=O. The average Bonchev–Trinajstić information content (AvgIpc) is 2.62. The number of carbonyl (C=O) groups is 2. The van der Waals surface area contributed by atoms with Gasteiger partial charge in [-0.1, -0.05) is 0 Å². The van der Waals surface area contributed by atoms with Crippen LogP contribution in [0.1, 0.15) is 20.3 Å². The molecule has 1 rings (SSSR count). The molecular formula is C8H12O4. The van der Waals surface area contributed by atoms with E-state index in [9.17, 15) is 9.59 Å². The normalized spacial score (nSPS) is 26.5. The van der Waals surface area contributed by atoms with E-state index in [4.69, 9.17) is 9.47 Å².